The van der Waals surface area contributed by atoms with Gasteiger partial charge in [-0.3, -0.25) is 0 Å². The standard InChI is InChI=1S/C10H9ClO2/c1-7(10(12)13)9(11)8-5-3-2-4-6-8/h2-6H,1H3,(H,12,13)/p-1/b9-7+. The molecule has 0 saturated carbocycles. The first-order chi connectivity index (χ1) is 6.13. The van der Waals surface area contributed by atoms with Crippen molar-refractivity contribution in [3.8, 4) is 0 Å². The Kier molecular flexibility index (Phi) is 3.09. The van der Waals surface area contributed by atoms with Crippen molar-refractivity contribution >= 4 is 22.6 Å². The van der Waals surface area contributed by atoms with Crippen LogP contribution in [0.25, 0.3) is 5.03 Å². The van der Waals surface area contributed by atoms with Crippen molar-refractivity contribution in [2.24, 2.45) is 0 Å². The smallest absolute Gasteiger partial charge is 0.0687 e. The molecular weight excluding hydrogens is 188 g/mol. The average molecular weight is 196 g/mol. The van der Waals surface area contributed by atoms with Gasteiger partial charge in [0.1, 0.15) is 0 Å². The third-order valence-electron chi connectivity index (χ3n) is 1.66. The van der Waals surface area contributed by atoms with Crippen LogP contribution in [-0.2, 0) is 4.79 Å². The first-order valence-electron chi connectivity index (χ1n) is 3.76. The van der Waals surface area contributed by atoms with Crippen molar-refractivity contribution in [3.05, 3.63) is 41.5 Å². The van der Waals surface area contributed by atoms with Crippen LogP contribution in [0.2, 0.25) is 0 Å². The lowest BCUT2D eigenvalue weighted by Crippen LogP contribution is -2.23. The van der Waals surface area contributed by atoms with Gasteiger partial charge in [-0.05, 0) is 18.1 Å². The highest BCUT2D eigenvalue weighted by atomic mass is 35.5. The first kappa shape index (κ1) is 9.81. The van der Waals surface area contributed by atoms with Gasteiger partial charge in [0.25, 0.3) is 0 Å². The number of hydrogen-bond acceptors (Lipinski definition) is 2. The molecule has 1 aromatic carbocycles. The topological polar surface area (TPSA) is 40.1 Å². The number of rotatable bonds is 2. The van der Waals surface area contributed by atoms with E-state index in [2.05, 4.69) is 0 Å². The van der Waals surface area contributed by atoms with Crippen LogP contribution in [0.3, 0.4) is 0 Å². The Labute approximate surface area is 81.5 Å². The molecule has 0 aromatic heterocycles. The van der Waals surface area contributed by atoms with Gasteiger partial charge in [-0.15, -0.1) is 0 Å². The zero-order valence-corrected chi connectivity index (χ0v) is 7.84. The van der Waals surface area contributed by atoms with Gasteiger partial charge < -0.3 is 9.90 Å². The van der Waals surface area contributed by atoms with Crippen LogP contribution in [-0.4, -0.2) is 5.97 Å². The van der Waals surface area contributed by atoms with Crippen LogP contribution in [0.15, 0.2) is 35.9 Å². The van der Waals surface area contributed by atoms with Crippen molar-refractivity contribution in [2.75, 3.05) is 0 Å². The number of halogens is 1. The van der Waals surface area contributed by atoms with Crippen molar-refractivity contribution in [2.45, 2.75) is 6.92 Å². The summed E-state index contributed by atoms with van der Waals surface area (Å²) in [6.45, 7) is 1.42. The molecule has 0 radical (unpaired) electrons. The molecule has 0 aliphatic heterocycles. The third kappa shape index (κ3) is 2.33. The number of aliphatic carboxylic acids is 1. The van der Waals surface area contributed by atoms with E-state index in [1.54, 1.807) is 24.3 Å². The Morgan fingerprint density at radius 3 is 2.31 bits per heavy atom. The summed E-state index contributed by atoms with van der Waals surface area (Å²) in [6, 6.07) is 8.91. The monoisotopic (exact) mass is 195 g/mol. The lowest BCUT2D eigenvalue weighted by Gasteiger charge is -2.06. The fraction of sp³-hybridized carbons (Fsp3) is 0.100. The summed E-state index contributed by atoms with van der Waals surface area (Å²) in [5.74, 6) is -1.24. The van der Waals surface area contributed by atoms with Crippen molar-refractivity contribution in [1.82, 2.24) is 0 Å². The van der Waals surface area contributed by atoms with Crippen molar-refractivity contribution in [1.29, 1.82) is 0 Å². The zero-order valence-electron chi connectivity index (χ0n) is 7.08. The largest absolute Gasteiger partial charge is 0.545 e. The van der Waals surface area contributed by atoms with Crippen LogP contribution in [0.1, 0.15) is 12.5 Å². The summed E-state index contributed by atoms with van der Waals surface area (Å²) < 4.78 is 0. The number of carboxylic acids is 1. The zero-order chi connectivity index (χ0) is 9.84. The van der Waals surface area contributed by atoms with E-state index in [0.717, 1.165) is 0 Å². The predicted molar refractivity (Wildman–Crippen MR) is 49.9 cm³/mol. The second kappa shape index (κ2) is 4.10. The van der Waals surface area contributed by atoms with Gasteiger partial charge in [0.2, 0.25) is 0 Å². The molecule has 0 aliphatic carbocycles. The highest BCUT2D eigenvalue weighted by molar-refractivity contribution is 6.50. The number of carboxylic acid groups (broad SMARTS) is 1. The Morgan fingerprint density at radius 1 is 1.31 bits per heavy atom. The second-order valence-electron chi connectivity index (χ2n) is 2.59. The van der Waals surface area contributed by atoms with Gasteiger partial charge in [0.15, 0.2) is 0 Å². The number of carbonyl (C=O) groups excluding carboxylic acids is 1. The fourth-order valence-corrected chi connectivity index (χ4v) is 1.09. The van der Waals surface area contributed by atoms with Gasteiger partial charge in [-0.1, -0.05) is 41.9 Å². The Hall–Kier alpha value is -1.28. The SMILES string of the molecule is C/C(C(=O)[O-])=C(\Cl)c1ccccc1. The number of hydrogen-bond donors (Lipinski definition) is 0. The molecule has 0 atom stereocenters. The molecule has 0 aliphatic rings. The van der Waals surface area contributed by atoms with E-state index in [-0.39, 0.29) is 10.6 Å². The molecule has 3 heteroatoms. The molecular formula is C10H8ClO2-. The molecule has 0 N–H and O–H groups in total. The van der Waals surface area contributed by atoms with Gasteiger partial charge in [-0.2, -0.15) is 0 Å². The molecule has 13 heavy (non-hydrogen) atoms. The summed E-state index contributed by atoms with van der Waals surface area (Å²) in [4.78, 5) is 10.5. The van der Waals surface area contributed by atoms with E-state index in [4.69, 9.17) is 11.6 Å². The van der Waals surface area contributed by atoms with E-state index in [0.29, 0.717) is 5.56 Å². The molecule has 68 valence electrons. The van der Waals surface area contributed by atoms with E-state index in [9.17, 15) is 9.90 Å². The quantitative estimate of drug-likeness (QED) is 0.670. The van der Waals surface area contributed by atoms with E-state index in [1.807, 2.05) is 6.07 Å². The van der Waals surface area contributed by atoms with Crippen molar-refractivity contribution < 1.29 is 9.90 Å². The van der Waals surface area contributed by atoms with Crippen molar-refractivity contribution in [3.63, 3.8) is 0 Å². The first-order valence-corrected chi connectivity index (χ1v) is 4.14. The molecule has 0 saturated heterocycles. The highest BCUT2D eigenvalue weighted by Gasteiger charge is 2.02. The molecule has 0 unspecified atom stereocenters. The molecule has 0 heterocycles. The van der Waals surface area contributed by atoms with Crippen LogP contribution in [0.4, 0.5) is 0 Å². The summed E-state index contributed by atoms with van der Waals surface area (Å²) in [6.07, 6.45) is 0. The third-order valence-corrected chi connectivity index (χ3v) is 2.16. The summed E-state index contributed by atoms with van der Waals surface area (Å²) in [7, 11) is 0. The number of benzene rings is 1. The Balaban J connectivity index is 3.11. The maximum absolute atomic E-state index is 10.5. The second-order valence-corrected chi connectivity index (χ2v) is 2.97. The maximum Gasteiger partial charge on any atom is 0.0687 e. The molecule has 0 fully saturated rings. The van der Waals surface area contributed by atoms with Crippen LogP contribution < -0.4 is 5.11 Å². The molecule has 2 nitrogen and oxygen atoms in total. The summed E-state index contributed by atoms with van der Waals surface area (Å²) in [5, 5.41) is 10.7. The molecule has 0 bridgehead atoms. The van der Waals surface area contributed by atoms with Crippen LogP contribution in [0.5, 0.6) is 0 Å². The summed E-state index contributed by atoms with van der Waals surface area (Å²) in [5.41, 5.74) is 0.735. The Morgan fingerprint density at radius 2 is 1.85 bits per heavy atom. The van der Waals surface area contributed by atoms with E-state index in [1.165, 1.54) is 6.92 Å². The lowest BCUT2D eigenvalue weighted by atomic mass is 10.1. The molecule has 0 spiro atoms. The maximum atomic E-state index is 10.5. The van der Waals surface area contributed by atoms with E-state index < -0.39 is 5.97 Å². The minimum absolute atomic E-state index is 0.0490. The van der Waals surface area contributed by atoms with Gasteiger partial charge in [0.05, 0.1) is 11.0 Å². The normalized spacial score (nSPS) is 12.2. The van der Waals surface area contributed by atoms with Crippen LogP contribution in [0, 0.1) is 0 Å². The molecule has 1 aromatic rings. The summed E-state index contributed by atoms with van der Waals surface area (Å²) >= 11 is 5.81. The van der Waals surface area contributed by atoms with Gasteiger partial charge in [0, 0.05) is 0 Å². The fourth-order valence-electron chi connectivity index (χ4n) is 0.891. The van der Waals surface area contributed by atoms with Gasteiger partial charge >= 0.3 is 0 Å². The Bertz CT molecular complexity index is 341. The van der Waals surface area contributed by atoms with E-state index >= 15 is 0 Å². The predicted octanol–water partition coefficient (Wildman–Crippen LogP) is 1.41. The van der Waals surface area contributed by atoms with Gasteiger partial charge in [-0.25, -0.2) is 0 Å². The van der Waals surface area contributed by atoms with Crippen LogP contribution >= 0.6 is 11.6 Å². The minimum Gasteiger partial charge on any atom is -0.545 e. The highest BCUT2D eigenvalue weighted by Crippen LogP contribution is 2.21. The molecule has 0 amide bonds. The number of carbonyl (C=O) groups is 1. The minimum atomic E-state index is -1.24. The average Bonchev–Trinajstić information content (AvgIpc) is 2.17. The lowest BCUT2D eigenvalue weighted by molar-refractivity contribution is -0.299. The molecule has 1 rings (SSSR count).